The van der Waals surface area contributed by atoms with Gasteiger partial charge in [0.25, 0.3) is 10.0 Å². The van der Waals surface area contributed by atoms with Crippen molar-refractivity contribution >= 4 is 38.9 Å². The Kier molecular flexibility index (Phi) is 6.87. The lowest BCUT2D eigenvalue weighted by Gasteiger charge is -2.11. The highest BCUT2D eigenvalue weighted by molar-refractivity contribution is 7.92. The third-order valence-electron chi connectivity index (χ3n) is 4.20. The number of carbonyl (C=O) groups is 1. The lowest BCUT2D eigenvalue weighted by Crippen LogP contribution is -2.19. The molecule has 0 saturated heterocycles. The maximum Gasteiger partial charge on any atom is 0.261 e. The molecule has 0 aliphatic carbocycles. The summed E-state index contributed by atoms with van der Waals surface area (Å²) in [6, 6.07) is 21.9. The van der Waals surface area contributed by atoms with E-state index in [-0.39, 0.29) is 10.8 Å². The molecule has 3 aromatic carbocycles. The smallest absolute Gasteiger partial charge is 0.261 e. The molecule has 0 saturated carbocycles. The van der Waals surface area contributed by atoms with E-state index in [0.29, 0.717) is 28.4 Å². The zero-order valence-corrected chi connectivity index (χ0v) is 17.7. The first-order chi connectivity index (χ1) is 14.4. The van der Waals surface area contributed by atoms with Gasteiger partial charge in [0.2, 0.25) is 5.91 Å². The van der Waals surface area contributed by atoms with Crippen LogP contribution in [0.4, 0.5) is 5.69 Å². The third-order valence-corrected chi connectivity index (χ3v) is 5.84. The van der Waals surface area contributed by atoms with E-state index in [1.165, 1.54) is 12.1 Å². The van der Waals surface area contributed by atoms with E-state index in [0.717, 1.165) is 5.56 Å². The second-order valence-electron chi connectivity index (χ2n) is 6.35. The van der Waals surface area contributed by atoms with Crippen molar-refractivity contribution in [2.24, 2.45) is 5.10 Å². The molecular weight excluding hydrogens is 422 g/mol. The Bertz CT molecular complexity index is 1140. The molecule has 30 heavy (non-hydrogen) atoms. The molecule has 154 valence electrons. The molecule has 6 nitrogen and oxygen atoms in total. The van der Waals surface area contributed by atoms with Crippen molar-refractivity contribution in [2.45, 2.75) is 18.2 Å². The lowest BCUT2D eigenvalue weighted by molar-refractivity contribution is -0.120. The Balaban J connectivity index is 1.88. The molecular formula is C22H20ClN3O3S. The molecule has 0 aliphatic heterocycles. The van der Waals surface area contributed by atoms with E-state index in [9.17, 15) is 13.2 Å². The zero-order valence-electron chi connectivity index (χ0n) is 16.2. The van der Waals surface area contributed by atoms with Crippen LogP contribution >= 0.6 is 11.6 Å². The van der Waals surface area contributed by atoms with Crippen LogP contribution < -0.4 is 10.1 Å². The van der Waals surface area contributed by atoms with Crippen molar-refractivity contribution in [1.29, 1.82) is 0 Å². The number of nitrogens with zero attached hydrogens (tertiary/aromatic N) is 1. The molecule has 2 N–H and O–H groups in total. The standard InChI is InChI=1S/C22H20ClN3O3S/c1-2-21(27)24-25-22(16-8-12-18(23)13-9-16)17-10-14-19(15-11-17)26-30(28,29)20-6-4-3-5-7-20/h3-15,26H,2H2,1H3,(H,24,27). The van der Waals surface area contributed by atoms with Crippen LogP contribution in [-0.2, 0) is 14.8 Å². The Hall–Kier alpha value is -3.16. The summed E-state index contributed by atoms with van der Waals surface area (Å²) in [6.07, 6.45) is 0.303. The summed E-state index contributed by atoms with van der Waals surface area (Å²) >= 11 is 5.97. The number of carbonyl (C=O) groups excluding carboxylic acids is 1. The van der Waals surface area contributed by atoms with Gasteiger partial charge in [-0.15, -0.1) is 0 Å². The van der Waals surface area contributed by atoms with Crippen molar-refractivity contribution in [3.63, 3.8) is 0 Å². The van der Waals surface area contributed by atoms with E-state index < -0.39 is 10.0 Å². The molecule has 0 radical (unpaired) electrons. The highest BCUT2D eigenvalue weighted by atomic mass is 35.5. The fourth-order valence-electron chi connectivity index (χ4n) is 2.61. The minimum atomic E-state index is -3.68. The Labute approximate surface area is 180 Å². The van der Waals surface area contributed by atoms with Crippen LogP contribution in [0.25, 0.3) is 0 Å². The third kappa shape index (κ3) is 5.46. The molecule has 8 heteroatoms. The number of amides is 1. The summed E-state index contributed by atoms with van der Waals surface area (Å²) in [5, 5.41) is 4.84. The molecule has 0 aromatic heterocycles. The fraction of sp³-hybridized carbons (Fsp3) is 0.0909. The van der Waals surface area contributed by atoms with Crippen LogP contribution in [-0.4, -0.2) is 20.0 Å². The molecule has 0 fully saturated rings. The highest BCUT2D eigenvalue weighted by Gasteiger charge is 2.14. The first-order valence-electron chi connectivity index (χ1n) is 9.20. The summed E-state index contributed by atoms with van der Waals surface area (Å²) in [5.41, 5.74) is 4.93. The van der Waals surface area contributed by atoms with Crippen LogP contribution in [0, 0.1) is 0 Å². The molecule has 0 atom stereocenters. The van der Waals surface area contributed by atoms with Crippen LogP contribution in [0.1, 0.15) is 24.5 Å². The Morgan fingerprint density at radius 2 is 1.47 bits per heavy atom. The van der Waals surface area contributed by atoms with Gasteiger partial charge in [0.15, 0.2) is 0 Å². The van der Waals surface area contributed by atoms with Crippen molar-refractivity contribution in [1.82, 2.24) is 5.43 Å². The second kappa shape index (κ2) is 9.56. The van der Waals surface area contributed by atoms with Gasteiger partial charge in [-0.2, -0.15) is 5.10 Å². The number of hydrogen-bond acceptors (Lipinski definition) is 4. The molecule has 0 spiro atoms. The van der Waals surface area contributed by atoms with Gasteiger partial charge in [0.05, 0.1) is 10.6 Å². The van der Waals surface area contributed by atoms with E-state index in [2.05, 4.69) is 15.2 Å². The summed E-state index contributed by atoms with van der Waals surface area (Å²) in [6.45, 7) is 1.74. The maximum absolute atomic E-state index is 12.5. The Morgan fingerprint density at radius 3 is 2.03 bits per heavy atom. The lowest BCUT2D eigenvalue weighted by atomic mass is 10.0. The fourth-order valence-corrected chi connectivity index (χ4v) is 3.82. The van der Waals surface area contributed by atoms with Crippen molar-refractivity contribution in [2.75, 3.05) is 4.72 Å². The van der Waals surface area contributed by atoms with Crippen molar-refractivity contribution in [3.05, 3.63) is 95.0 Å². The van der Waals surface area contributed by atoms with Gasteiger partial charge in [-0.25, -0.2) is 13.8 Å². The van der Waals surface area contributed by atoms with E-state index in [1.807, 2.05) is 0 Å². The first kappa shape index (κ1) is 21.5. The van der Waals surface area contributed by atoms with Gasteiger partial charge in [-0.05, 0) is 36.4 Å². The predicted molar refractivity (Wildman–Crippen MR) is 119 cm³/mol. The highest BCUT2D eigenvalue weighted by Crippen LogP contribution is 2.19. The molecule has 0 heterocycles. The average molecular weight is 442 g/mol. The second-order valence-corrected chi connectivity index (χ2v) is 8.47. The summed E-state index contributed by atoms with van der Waals surface area (Å²) in [5.74, 6) is -0.214. The molecule has 0 bridgehead atoms. The van der Waals surface area contributed by atoms with Gasteiger partial charge < -0.3 is 0 Å². The number of benzene rings is 3. The molecule has 3 rings (SSSR count). The van der Waals surface area contributed by atoms with Crippen LogP contribution in [0.3, 0.4) is 0 Å². The molecule has 1 amide bonds. The molecule has 0 unspecified atom stereocenters. The number of halogens is 1. The summed E-state index contributed by atoms with van der Waals surface area (Å²) in [4.78, 5) is 11.8. The zero-order chi connectivity index (χ0) is 21.6. The van der Waals surface area contributed by atoms with Crippen molar-refractivity contribution in [3.8, 4) is 0 Å². The number of rotatable bonds is 7. The number of hydrogen-bond donors (Lipinski definition) is 2. The van der Waals surface area contributed by atoms with Crippen LogP contribution in [0.2, 0.25) is 5.02 Å². The van der Waals surface area contributed by atoms with Crippen molar-refractivity contribution < 1.29 is 13.2 Å². The van der Waals surface area contributed by atoms with E-state index in [4.69, 9.17) is 11.6 Å². The largest absolute Gasteiger partial charge is 0.280 e. The van der Waals surface area contributed by atoms with Crippen LogP contribution in [0.5, 0.6) is 0 Å². The van der Waals surface area contributed by atoms with Gasteiger partial charge >= 0.3 is 0 Å². The molecule has 3 aromatic rings. The summed E-state index contributed by atoms with van der Waals surface area (Å²) < 4.78 is 27.5. The predicted octanol–water partition coefficient (Wildman–Crippen LogP) is 4.42. The number of hydrazone groups is 1. The first-order valence-corrected chi connectivity index (χ1v) is 11.1. The Morgan fingerprint density at radius 1 is 0.900 bits per heavy atom. The topological polar surface area (TPSA) is 87.6 Å². The minimum absolute atomic E-state index is 0.180. The minimum Gasteiger partial charge on any atom is -0.280 e. The normalized spacial score (nSPS) is 11.7. The monoisotopic (exact) mass is 441 g/mol. The van der Waals surface area contributed by atoms with Gasteiger partial charge in [0.1, 0.15) is 0 Å². The summed E-state index contributed by atoms with van der Waals surface area (Å²) in [7, 11) is -3.68. The number of sulfonamides is 1. The van der Waals surface area contributed by atoms with Gasteiger partial charge in [0, 0.05) is 28.3 Å². The van der Waals surface area contributed by atoms with E-state index in [1.54, 1.807) is 73.7 Å². The quantitative estimate of drug-likeness (QED) is 0.420. The van der Waals surface area contributed by atoms with E-state index >= 15 is 0 Å². The van der Waals surface area contributed by atoms with Gasteiger partial charge in [-0.1, -0.05) is 61.0 Å². The number of nitrogens with one attached hydrogen (secondary N) is 2. The van der Waals surface area contributed by atoms with Crippen LogP contribution in [0.15, 0.2) is 88.9 Å². The number of anilines is 1. The average Bonchev–Trinajstić information content (AvgIpc) is 2.76. The molecule has 0 aliphatic rings. The van der Waals surface area contributed by atoms with Gasteiger partial charge in [-0.3, -0.25) is 9.52 Å². The SMILES string of the molecule is CCC(=O)NN=C(c1ccc(Cl)cc1)c1ccc(NS(=O)(=O)c2ccccc2)cc1. The maximum atomic E-state index is 12.5.